The van der Waals surface area contributed by atoms with Crippen molar-refractivity contribution in [1.82, 2.24) is 9.38 Å². The standard InChI is InChI=1S/C20H15N3O/c24-20(22-18-10-5-12-23-13-11-21-19(18)23)17-9-4-8-16(14-17)15-6-2-1-3-7-15/h1-14H,(H,22,24). The number of rotatable bonds is 3. The van der Waals surface area contributed by atoms with Gasteiger partial charge in [-0.05, 0) is 35.4 Å². The average molecular weight is 313 g/mol. The third kappa shape index (κ3) is 2.65. The summed E-state index contributed by atoms with van der Waals surface area (Å²) in [6, 6.07) is 21.3. The van der Waals surface area contributed by atoms with E-state index in [-0.39, 0.29) is 5.91 Å². The lowest BCUT2D eigenvalue weighted by Gasteiger charge is -2.08. The zero-order valence-corrected chi connectivity index (χ0v) is 12.9. The molecule has 24 heavy (non-hydrogen) atoms. The number of benzene rings is 2. The molecule has 2 aromatic heterocycles. The van der Waals surface area contributed by atoms with Crippen molar-refractivity contribution >= 4 is 17.2 Å². The highest BCUT2D eigenvalue weighted by molar-refractivity contribution is 6.06. The second kappa shape index (κ2) is 6.01. The second-order valence-corrected chi connectivity index (χ2v) is 5.48. The number of imidazole rings is 1. The minimum absolute atomic E-state index is 0.149. The largest absolute Gasteiger partial charge is 0.319 e. The molecule has 0 bridgehead atoms. The van der Waals surface area contributed by atoms with Crippen molar-refractivity contribution in [1.29, 1.82) is 0 Å². The van der Waals surface area contributed by atoms with Crippen molar-refractivity contribution in [2.45, 2.75) is 0 Å². The van der Waals surface area contributed by atoms with Crippen LogP contribution in [0.4, 0.5) is 5.69 Å². The van der Waals surface area contributed by atoms with E-state index in [0.717, 1.165) is 16.8 Å². The van der Waals surface area contributed by atoms with Crippen LogP contribution in [0.25, 0.3) is 16.8 Å². The van der Waals surface area contributed by atoms with Crippen molar-refractivity contribution in [2.24, 2.45) is 0 Å². The van der Waals surface area contributed by atoms with Crippen LogP contribution >= 0.6 is 0 Å². The summed E-state index contributed by atoms with van der Waals surface area (Å²) < 4.78 is 1.87. The third-order valence-electron chi connectivity index (χ3n) is 3.90. The fourth-order valence-electron chi connectivity index (χ4n) is 2.71. The van der Waals surface area contributed by atoms with Gasteiger partial charge < -0.3 is 9.72 Å². The summed E-state index contributed by atoms with van der Waals surface area (Å²) in [5.74, 6) is -0.149. The normalized spacial score (nSPS) is 10.7. The summed E-state index contributed by atoms with van der Waals surface area (Å²) in [5.41, 5.74) is 4.14. The van der Waals surface area contributed by atoms with Crippen molar-refractivity contribution in [3.8, 4) is 11.1 Å². The van der Waals surface area contributed by atoms with E-state index in [4.69, 9.17) is 0 Å². The van der Waals surface area contributed by atoms with Crippen LogP contribution in [0, 0.1) is 0 Å². The zero-order valence-electron chi connectivity index (χ0n) is 12.9. The van der Waals surface area contributed by atoms with E-state index >= 15 is 0 Å². The summed E-state index contributed by atoms with van der Waals surface area (Å²) >= 11 is 0. The van der Waals surface area contributed by atoms with Gasteiger partial charge in [-0.3, -0.25) is 4.79 Å². The van der Waals surface area contributed by atoms with Crippen molar-refractivity contribution in [3.63, 3.8) is 0 Å². The van der Waals surface area contributed by atoms with E-state index in [0.29, 0.717) is 11.3 Å². The number of pyridine rings is 1. The summed E-state index contributed by atoms with van der Waals surface area (Å²) in [7, 11) is 0. The minimum Gasteiger partial charge on any atom is -0.319 e. The van der Waals surface area contributed by atoms with Crippen LogP contribution in [0.2, 0.25) is 0 Å². The number of carbonyl (C=O) groups excluding carboxylic acids is 1. The predicted octanol–water partition coefficient (Wildman–Crippen LogP) is 4.25. The van der Waals surface area contributed by atoms with Crippen LogP contribution in [0.15, 0.2) is 85.3 Å². The van der Waals surface area contributed by atoms with Crippen molar-refractivity contribution in [3.05, 3.63) is 90.9 Å². The van der Waals surface area contributed by atoms with Gasteiger partial charge in [0.25, 0.3) is 5.91 Å². The second-order valence-electron chi connectivity index (χ2n) is 5.48. The van der Waals surface area contributed by atoms with Crippen molar-refractivity contribution < 1.29 is 4.79 Å². The Morgan fingerprint density at radius 2 is 1.71 bits per heavy atom. The van der Waals surface area contributed by atoms with Gasteiger partial charge in [-0.1, -0.05) is 42.5 Å². The first kappa shape index (κ1) is 14.2. The molecule has 0 saturated carbocycles. The highest BCUT2D eigenvalue weighted by Gasteiger charge is 2.10. The Balaban J connectivity index is 1.64. The van der Waals surface area contributed by atoms with Crippen molar-refractivity contribution in [2.75, 3.05) is 5.32 Å². The molecule has 0 spiro atoms. The fraction of sp³-hybridized carbons (Fsp3) is 0. The van der Waals surface area contributed by atoms with Crippen LogP contribution < -0.4 is 5.32 Å². The van der Waals surface area contributed by atoms with Gasteiger partial charge in [-0.15, -0.1) is 0 Å². The molecule has 0 unspecified atom stereocenters. The van der Waals surface area contributed by atoms with E-state index in [1.54, 1.807) is 6.20 Å². The van der Waals surface area contributed by atoms with E-state index < -0.39 is 0 Å². The smallest absolute Gasteiger partial charge is 0.255 e. The lowest BCUT2D eigenvalue weighted by Crippen LogP contribution is -2.12. The van der Waals surface area contributed by atoms with Crippen LogP contribution in [0.1, 0.15) is 10.4 Å². The van der Waals surface area contributed by atoms with Gasteiger partial charge in [0.2, 0.25) is 0 Å². The molecule has 2 heterocycles. The fourth-order valence-corrected chi connectivity index (χ4v) is 2.71. The van der Waals surface area contributed by atoms with Crippen LogP contribution in [0.3, 0.4) is 0 Å². The molecule has 0 atom stereocenters. The highest BCUT2D eigenvalue weighted by Crippen LogP contribution is 2.21. The summed E-state index contributed by atoms with van der Waals surface area (Å²) in [4.78, 5) is 16.9. The lowest BCUT2D eigenvalue weighted by molar-refractivity contribution is 0.102. The third-order valence-corrected chi connectivity index (χ3v) is 3.90. The number of hydrogen-bond acceptors (Lipinski definition) is 2. The molecule has 4 nitrogen and oxygen atoms in total. The van der Waals surface area contributed by atoms with E-state index in [1.807, 2.05) is 83.5 Å². The maximum atomic E-state index is 12.6. The Hall–Kier alpha value is -3.40. The molecule has 4 rings (SSSR count). The topological polar surface area (TPSA) is 46.4 Å². The zero-order chi connectivity index (χ0) is 16.4. The quantitative estimate of drug-likeness (QED) is 0.614. The van der Waals surface area contributed by atoms with E-state index in [2.05, 4.69) is 10.3 Å². The van der Waals surface area contributed by atoms with Gasteiger partial charge in [0.1, 0.15) is 0 Å². The molecule has 0 aliphatic rings. The molecule has 0 radical (unpaired) electrons. The van der Waals surface area contributed by atoms with E-state index in [1.165, 1.54) is 0 Å². The Bertz CT molecular complexity index is 1010. The molecule has 1 amide bonds. The highest BCUT2D eigenvalue weighted by atomic mass is 16.1. The molecular formula is C20H15N3O. The van der Waals surface area contributed by atoms with Gasteiger partial charge in [-0.2, -0.15) is 0 Å². The van der Waals surface area contributed by atoms with Gasteiger partial charge >= 0.3 is 0 Å². The SMILES string of the molecule is O=C(Nc1cccn2ccnc12)c1cccc(-c2ccccc2)c1. The number of aromatic nitrogens is 2. The average Bonchev–Trinajstić information content (AvgIpc) is 3.12. The summed E-state index contributed by atoms with van der Waals surface area (Å²) in [5, 5.41) is 2.94. The first-order valence-electron chi connectivity index (χ1n) is 7.70. The Morgan fingerprint density at radius 3 is 2.58 bits per heavy atom. The molecular weight excluding hydrogens is 298 g/mol. The van der Waals surface area contributed by atoms with Gasteiger partial charge in [-0.25, -0.2) is 4.98 Å². The molecule has 0 saturated heterocycles. The maximum absolute atomic E-state index is 12.6. The van der Waals surface area contributed by atoms with Gasteiger partial charge in [0.15, 0.2) is 5.65 Å². The number of anilines is 1. The number of carbonyl (C=O) groups is 1. The van der Waals surface area contributed by atoms with E-state index in [9.17, 15) is 4.79 Å². The first-order valence-corrected chi connectivity index (χ1v) is 7.70. The number of fused-ring (bicyclic) bond motifs is 1. The molecule has 4 heteroatoms. The molecule has 0 aliphatic heterocycles. The van der Waals surface area contributed by atoms with Gasteiger partial charge in [0, 0.05) is 24.2 Å². The van der Waals surface area contributed by atoms with Crippen LogP contribution in [-0.2, 0) is 0 Å². The molecule has 116 valence electrons. The number of hydrogen-bond donors (Lipinski definition) is 1. The van der Waals surface area contributed by atoms with Crippen LogP contribution in [-0.4, -0.2) is 15.3 Å². The Kier molecular flexibility index (Phi) is 3.56. The molecule has 0 fully saturated rings. The maximum Gasteiger partial charge on any atom is 0.255 e. The molecule has 2 aromatic carbocycles. The summed E-state index contributed by atoms with van der Waals surface area (Å²) in [6.07, 6.45) is 5.45. The van der Waals surface area contributed by atoms with Gasteiger partial charge in [0.05, 0.1) is 5.69 Å². The summed E-state index contributed by atoms with van der Waals surface area (Å²) in [6.45, 7) is 0. The molecule has 4 aromatic rings. The number of nitrogens with one attached hydrogen (secondary N) is 1. The molecule has 0 aliphatic carbocycles. The Labute approximate surface area is 139 Å². The predicted molar refractivity (Wildman–Crippen MR) is 95.0 cm³/mol. The first-order chi connectivity index (χ1) is 11.8. The number of nitrogens with zero attached hydrogens (tertiary/aromatic N) is 2. The lowest BCUT2D eigenvalue weighted by atomic mass is 10.0. The minimum atomic E-state index is -0.149. The molecule has 1 N–H and O–H groups in total. The Morgan fingerprint density at radius 1 is 0.875 bits per heavy atom. The number of amides is 1. The van der Waals surface area contributed by atoms with Crippen LogP contribution in [0.5, 0.6) is 0 Å². The monoisotopic (exact) mass is 313 g/mol.